The summed E-state index contributed by atoms with van der Waals surface area (Å²) in [7, 11) is 0. The summed E-state index contributed by atoms with van der Waals surface area (Å²) in [6.07, 6.45) is 1.82. The summed E-state index contributed by atoms with van der Waals surface area (Å²) in [6, 6.07) is 8.56. The lowest BCUT2D eigenvalue weighted by atomic mass is 10.3. The monoisotopic (exact) mass is 321 g/mol. The molecule has 0 aliphatic rings. The van der Waals surface area contributed by atoms with E-state index in [1.165, 1.54) is 30.1 Å². The van der Waals surface area contributed by atoms with Crippen molar-refractivity contribution in [3.63, 3.8) is 0 Å². The summed E-state index contributed by atoms with van der Waals surface area (Å²) in [4.78, 5) is 20.7. The average Bonchev–Trinajstić information content (AvgIpc) is 2.49. The van der Waals surface area contributed by atoms with Crippen LogP contribution in [0.4, 0.5) is 11.4 Å². The first-order valence-corrected chi connectivity index (χ1v) is 7.20. The molecular weight excluding hydrogens is 310 g/mol. The molecule has 0 amide bonds. The van der Waals surface area contributed by atoms with Gasteiger partial charge in [-0.2, -0.15) is 4.73 Å². The van der Waals surface area contributed by atoms with Gasteiger partial charge in [0.25, 0.3) is 11.4 Å². The normalized spacial score (nSPS) is 10.4. The molecule has 22 heavy (non-hydrogen) atoms. The molecule has 9 heteroatoms. The lowest BCUT2D eigenvalue weighted by Crippen LogP contribution is -2.31. The zero-order chi connectivity index (χ0) is 16.1. The third-order valence-electron chi connectivity index (χ3n) is 2.87. The van der Waals surface area contributed by atoms with Gasteiger partial charge >= 0.3 is 0 Å². The van der Waals surface area contributed by atoms with E-state index in [0.29, 0.717) is 22.8 Å². The number of pyridine rings is 1. The fourth-order valence-corrected chi connectivity index (χ4v) is 2.78. The van der Waals surface area contributed by atoms with Gasteiger partial charge in [0.2, 0.25) is 0 Å². The Hall–Kier alpha value is -2.68. The summed E-state index contributed by atoms with van der Waals surface area (Å²) < 4.78 is 0.741. The summed E-state index contributed by atoms with van der Waals surface area (Å²) in [6.45, 7) is 0. The predicted molar refractivity (Wildman–Crippen MR) is 79.6 cm³/mol. The molecule has 0 saturated carbocycles. The van der Waals surface area contributed by atoms with Gasteiger partial charge in [-0.05, 0) is 6.07 Å². The minimum atomic E-state index is -0.675. The Kier molecular flexibility index (Phi) is 4.89. The van der Waals surface area contributed by atoms with Gasteiger partial charge in [-0.1, -0.05) is 6.07 Å². The van der Waals surface area contributed by atoms with Crippen LogP contribution in [-0.4, -0.2) is 15.6 Å². The molecule has 1 heterocycles. The van der Waals surface area contributed by atoms with Crippen molar-refractivity contribution in [3.05, 3.63) is 73.7 Å². The molecule has 2 aromatic rings. The number of rotatable bonds is 6. The third-order valence-corrected chi connectivity index (χ3v) is 3.93. The molecule has 0 unspecified atom stereocenters. The van der Waals surface area contributed by atoms with Gasteiger partial charge in [-0.15, -0.1) is 11.8 Å². The molecule has 8 nitrogen and oxygen atoms in total. The quantitative estimate of drug-likeness (QED) is 0.265. The average molecular weight is 321 g/mol. The lowest BCUT2D eigenvalue weighted by Gasteiger charge is -2.04. The molecule has 0 bridgehead atoms. The van der Waals surface area contributed by atoms with Gasteiger partial charge < -0.3 is 5.21 Å². The van der Waals surface area contributed by atoms with E-state index in [1.54, 1.807) is 18.2 Å². The number of benzene rings is 1. The van der Waals surface area contributed by atoms with E-state index in [9.17, 15) is 25.4 Å². The molecule has 0 N–H and O–H groups in total. The lowest BCUT2D eigenvalue weighted by molar-refractivity contribution is -0.613. The van der Waals surface area contributed by atoms with Crippen LogP contribution in [-0.2, 0) is 6.42 Å². The molecule has 0 atom stereocenters. The molecule has 1 aromatic heterocycles. The van der Waals surface area contributed by atoms with Crippen LogP contribution in [0.1, 0.15) is 5.69 Å². The minimum absolute atomic E-state index is 0.303. The van der Waals surface area contributed by atoms with Gasteiger partial charge in [0.1, 0.15) is 0 Å². The molecule has 0 aliphatic carbocycles. The maximum atomic E-state index is 11.5. The van der Waals surface area contributed by atoms with Crippen molar-refractivity contribution in [1.29, 1.82) is 0 Å². The number of nitro benzene ring substituents is 2. The van der Waals surface area contributed by atoms with Gasteiger partial charge in [0, 0.05) is 30.4 Å². The zero-order valence-electron chi connectivity index (χ0n) is 11.2. The maximum absolute atomic E-state index is 11.5. The summed E-state index contributed by atoms with van der Waals surface area (Å²) in [5.41, 5.74) is -0.0710. The van der Waals surface area contributed by atoms with Crippen LogP contribution in [0.2, 0.25) is 0 Å². The minimum Gasteiger partial charge on any atom is -0.619 e. The fourth-order valence-electron chi connectivity index (χ4n) is 1.81. The number of hydrogen-bond donors (Lipinski definition) is 0. The topological polar surface area (TPSA) is 113 Å². The third kappa shape index (κ3) is 3.70. The predicted octanol–water partition coefficient (Wildman–Crippen LogP) is 2.47. The van der Waals surface area contributed by atoms with Crippen molar-refractivity contribution in [2.45, 2.75) is 11.3 Å². The molecule has 2 rings (SSSR count). The molecular formula is C13H11N3O5S. The first-order valence-electron chi connectivity index (χ1n) is 6.21. The summed E-state index contributed by atoms with van der Waals surface area (Å²) >= 11 is 1.18. The molecule has 0 fully saturated rings. The second-order valence-corrected chi connectivity index (χ2v) is 5.42. The van der Waals surface area contributed by atoms with Crippen molar-refractivity contribution in [2.24, 2.45) is 0 Å². The highest BCUT2D eigenvalue weighted by atomic mass is 32.2. The van der Waals surface area contributed by atoms with Crippen LogP contribution in [0, 0.1) is 25.4 Å². The Morgan fingerprint density at radius 2 is 1.86 bits per heavy atom. The van der Waals surface area contributed by atoms with E-state index in [0.717, 1.165) is 10.8 Å². The number of aryl methyl sites for hydroxylation is 1. The highest BCUT2D eigenvalue weighted by molar-refractivity contribution is 7.99. The molecule has 0 aliphatic heterocycles. The number of nitro groups is 2. The fraction of sp³-hybridized carbons (Fsp3) is 0.154. The van der Waals surface area contributed by atoms with E-state index >= 15 is 0 Å². The van der Waals surface area contributed by atoms with E-state index in [1.807, 2.05) is 0 Å². The van der Waals surface area contributed by atoms with Crippen molar-refractivity contribution in [2.75, 3.05) is 5.75 Å². The van der Waals surface area contributed by atoms with Crippen LogP contribution in [0.25, 0.3) is 0 Å². The van der Waals surface area contributed by atoms with Gasteiger partial charge in [-0.25, -0.2) is 0 Å². The Morgan fingerprint density at radius 3 is 2.50 bits per heavy atom. The summed E-state index contributed by atoms with van der Waals surface area (Å²) in [5, 5.41) is 33.1. The van der Waals surface area contributed by atoms with Crippen LogP contribution in [0.5, 0.6) is 0 Å². The Labute approximate surface area is 129 Å². The molecule has 114 valence electrons. The first-order chi connectivity index (χ1) is 10.5. The summed E-state index contributed by atoms with van der Waals surface area (Å²) in [5.74, 6) is 0.449. The smallest absolute Gasteiger partial charge is 0.289 e. The second kappa shape index (κ2) is 6.85. The standard InChI is InChI=1S/C13H11N3O5S/c17-14-7-2-1-3-10(14)6-8-22-13-5-4-11(15(18)19)9-12(13)16(20)21/h1-5,7,9H,6,8H2. The van der Waals surface area contributed by atoms with Crippen LogP contribution >= 0.6 is 11.8 Å². The molecule has 0 radical (unpaired) electrons. The van der Waals surface area contributed by atoms with Crippen molar-refractivity contribution >= 4 is 23.1 Å². The van der Waals surface area contributed by atoms with Crippen LogP contribution in [0.15, 0.2) is 47.5 Å². The molecule has 1 aromatic carbocycles. The van der Waals surface area contributed by atoms with Crippen molar-refractivity contribution in [3.8, 4) is 0 Å². The Balaban J connectivity index is 2.11. The van der Waals surface area contributed by atoms with Crippen molar-refractivity contribution < 1.29 is 14.6 Å². The van der Waals surface area contributed by atoms with E-state index in [4.69, 9.17) is 0 Å². The largest absolute Gasteiger partial charge is 0.619 e. The highest BCUT2D eigenvalue weighted by Gasteiger charge is 2.19. The van der Waals surface area contributed by atoms with E-state index in [-0.39, 0.29) is 11.4 Å². The van der Waals surface area contributed by atoms with Crippen molar-refractivity contribution in [1.82, 2.24) is 0 Å². The second-order valence-electron chi connectivity index (χ2n) is 4.28. The zero-order valence-corrected chi connectivity index (χ0v) is 12.1. The number of hydrogen-bond acceptors (Lipinski definition) is 6. The van der Waals surface area contributed by atoms with Gasteiger partial charge in [-0.3, -0.25) is 20.2 Å². The number of nitrogens with zero attached hydrogens (tertiary/aromatic N) is 3. The van der Waals surface area contributed by atoms with E-state index < -0.39 is 9.85 Å². The SMILES string of the molecule is O=[N+]([O-])c1ccc(SCCc2cccc[n+]2[O-])c([N+](=O)[O-])c1. The van der Waals surface area contributed by atoms with Gasteiger partial charge in [0.15, 0.2) is 11.9 Å². The number of non-ortho nitro benzene ring substituents is 1. The number of thioether (sulfide) groups is 1. The van der Waals surface area contributed by atoms with E-state index in [2.05, 4.69) is 0 Å². The molecule has 0 saturated heterocycles. The maximum Gasteiger partial charge on any atom is 0.289 e. The van der Waals surface area contributed by atoms with Gasteiger partial charge in [0.05, 0.1) is 20.8 Å². The Bertz CT molecular complexity index is 723. The first kappa shape index (κ1) is 15.7. The highest BCUT2D eigenvalue weighted by Crippen LogP contribution is 2.32. The Morgan fingerprint density at radius 1 is 1.09 bits per heavy atom. The number of aromatic nitrogens is 1. The van der Waals surface area contributed by atoms with Crippen LogP contribution in [0.3, 0.4) is 0 Å². The van der Waals surface area contributed by atoms with Crippen LogP contribution < -0.4 is 4.73 Å². The molecule has 0 spiro atoms.